The van der Waals surface area contributed by atoms with E-state index >= 15 is 0 Å². The maximum atomic E-state index is 5.81. The van der Waals surface area contributed by atoms with Crippen LogP contribution in [0.2, 0.25) is 0 Å². The van der Waals surface area contributed by atoms with Crippen LogP contribution < -0.4 is 14.8 Å². The molecule has 0 aliphatic heterocycles. The molecule has 0 aliphatic carbocycles. The molecule has 2 aromatic rings. The molecule has 0 amide bonds. The van der Waals surface area contributed by atoms with Crippen molar-refractivity contribution in [2.45, 2.75) is 20.4 Å². The third-order valence-corrected chi connectivity index (χ3v) is 3.09. The van der Waals surface area contributed by atoms with Crippen molar-refractivity contribution in [1.82, 2.24) is 15.1 Å². The number of nitrogens with one attached hydrogen (secondary N) is 1. The lowest BCUT2D eigenvalue weighted by molar-refractivity contribution is 0.204. The van der Waals surface area contributed by atoms with Crippen LogP contribution in [-0.2, 0) is 13.6 Å². The Morgan fingerprint density at radius 1 is 1.19 bits per heavy atom. The highest BCUT2D eigenvalue weighted by atomic mass is 16.5. The van der Waals surface area contributed by atoms with Gasteiger partial charge in [0.25, 0.3) is 0 Å². The van der Waals surface area contributed by atoms with Gasteiger partial charge in [-0.2, -0.15) is 5.10 Å². The highest BCUT2D eigenvalue weighted by Crippen LogP contribution is 2.17. The van der Waals surface area contributed by atoms with E-state index < -0.39 is 0 Å². The summed E-state index contributed by atoms with van der Waals surface area (Å²) in [5.74, 6) is 1.67. The van der Waals surface area contributed by atoms with Gasteiger partial charge in [0.1, 0.15) is 19.0 Å². The van der Waals surface area contributed by atoms with Gasteiger partial charge in [0, 0.05) is 25.2 Å². The van der Waals surface area contributed by atoms with Gasteiger partial charge in [-0.25, -0.2) is 4.68 Å². The normalized spacial score (nSPS) is 10.6. The predicted octanol–water partition coefficient (Wildman–Crippen LogP) is 2.30. The van der Waals surface area contributed by atoms with Crippen LogP contribution in [0.4, 0.5) is 0 Å². The number of hydrogen-bond acceptors (Lipinski definition) is 4. The van der Waals surface area contributed by atoms with E-state index in [9.17, 15) is 0 Å². The van der Waals surface area contributed by atoms with Gasteiger partial charge in [0.15, 0.2) is 0 Å². The standard InChI is InChI=1S/C16H23N3O2/c1-4-17-12-14-7-5-6-8-15(14)20-9-10-21-16-11-13(2)18-19(16)3/h5-8,11,17H,4,9-10,12H2,1-3H3. The molecule has 0 aliphatic rings. The van der Waals surface area contributed by atoms with E-state index in [4.69, 9.17) is 9.47 Å². The number of ether oxygens (including phenoxy) is 2. The molecule has 0 radical (unpaired) electrons. The molecule has 0 saturated heterocycles. The molecule has 0 unspecified atom stereocenters. The molecule has 5 nitrogen and oxygen atoms in total. The number of benzene rings is 1. The van der Waals surface area contributed by atoms with Gasteiger partial charge in [-0.15, -0.1) is 0 Å². The summed E-state index contributed by atoms with van der Waals surface area (Å²) in [6.45, 7) is 6.79. The van der Waals surface area contributed by atoms with Gasteiger partial charge >= 0.3 is 0 Å². The summed E-state index contributed by atoms with van der Waals surface area (Å²) in [6.07, 6.45) is 0. The number of para-hydroxylation sites is 1. The predicted molar refractivity (Wildman–Crippen MR) is 82.8 cm³/mol. The lowest BCUT2D eigenvalue weighted by atomic mass is 10.2. The Morgan fingerprint density at radius 2 is 1.95 bits per heavy atom. The van der Waals surface area contributed by atoms with Gasteiger partial charge in [0.2, 0.25) is 5.88 Å². The van der Waals surface area contributed by atoms with Crippen LogP contribution >= 0.6 is 0 Å². The number of aromatic nitrogens is 2. The van der Waals surface area contributed by atoms with Crippen molar-refractivity contribution in [1.29, 1.82) is 0 Å². The fourth-order valence-corrected chi connectivity index (χ4v) is 2.07. The van der Waals surface area contributed by atoms with Gasteiger partial charge < -0.3 is 14.8 Å². The topological polar surface area (TPSA) is 48.3 Å². The van der Waals surface area contributed by atoms with E-state index in [1.807, 2.05) is 38.2 Å². The Balaban J connectivity index is 1.82. The lowest BCUT2D eigenvalue weighted by Crippen LogP contribution is -2.15. The van der Waals surface area contributed by atoms with E-state index in [0.717, 1.165) is 36.0 Å². The first-order valence-electron chi connectivity index (χ1n) is 7.25. The van der Waals surface area contributed by atoms with E-state index in [-0.39, 0.29) is 0 Å². The maximum Gasteiger partial charge on any atom is 0.211 e. The number of nitrogens with zero attached hydrogens (tertiary/aromatic N) is 2. The molecule has 0 atom stereocenters. The average molecular weight is 289 g/mol. The van der Waals surface area contributed by atoms with Crippen LogP contribution in [0.5, 0.6) is 11.6 Å². The van der Waals surface area contributed by atoms with Gasteiger partial charge in [-0.1, -0.05) is 25.1 Å². The molecule has 1 N–H and O–H groups in total. The van der Waals surface area contributed by atoms with Crippen molar-refractivity contribution in [3.8, 4) is 11.6 Å². The molecule has 0 spiro atoms. The van der Waals surface area contributed by atoms with Crippen molar-refractivity contribution in [2.75, 3.05) is 19.8 Å². The average Bonchev–Trinajstić information content (AvgIpc) is 2.80. The highest BCUT2D eigenvalue weighted by Gasteiger charge is 2.04. The van der Waals surface area contributed by atoms with Crippen molar-refractivity contribution >= 4 is 0 Å². The zero-order chi connectivity index (χ0) is 15.1. The minimum atomic E-state index is 0.495. The molecule has 21 heavy (non-hydrogen) atoms. The van der Waals surface area contributed by atoms with Gasteiger partial charge in [0.05, 0.1) is 5.69 Å². The van der Waals surface area contributed by atoms with E-state index in [1.165, 1.54) is 0 Å². The molecule has 114 valence electrons. The van der Waals surface area contributed by atoms with Crippen LogP contribution in [0, 0.1) is 6.92 Å². The monoisotopic (exact) mass is 289 g/mol. The van der Waals surface area contributed by atoms with Crippen LogP contribution in [0.1, 0.15) is 18.2 Å². The third-order valence-electron chi connectivity index (χ3n) is 3.09. The van der Waals surface area contributed by atoms with Crippen LogP contribution in [0.15, 0.2) is 30.3 Å². The number of rotatable bonds is 8. The van der Waals surface area contributed by atoms with E-state index in [2.05, 4.69) is 23.4 Å². The Hall–Kier alpha value is -2.01. The zero-order valence-corrected chi connectivity index (χ0v) is 12.9. The summed E-state index contributed by atoms with van der Waals surface area (Å²) in [4.78, 5) is 0. The van der Waals surface area contributed by atoms with E-state index in [1.54, 1.807) is 4.68 Å². The molecule has 0 fully saturated rings. The quantitative estimate of drug-likeness (QED) is 0.758. The summed E-state index contributed by atoms with van der Waals surface area (Å²) in [7, 11) is 1.87. The summed E-state index contributed by atoms with van der Waals surface area (Å²) >= 11 is 0. The Kier molecular flexibility index (Phi) is 5.63. The summed E-state index contributed by atoms with van der Waals surface area (Å²) in [6, 6.07) is 9.98. The fourth-order valence-electron chi connectivity index (χ4n) is 2.07. The van der Waals surface area contributed by atoms with E-state index in [0.29, 0.717) is 13.2 Å². The number of aryl methyl sites for hydroxylation is 2. The van der Waals surface area contributed by atoms with Gasteiger partial charge in [-0.05, 0) is 19.5 Å². The van der Waals surface area contributed by atoms with Crippen LogP contribution in [0.25, 0.3) is 0 Å². The molecule has 1 aromatic carbocycles. The zero-order valence-electron chi connectivity index (χ0n) is 12.9. The van der Waals surface area contributed by atoms with Crippen molar-refractivity contribution in [3.05, 3.63) is 41.6 Å². The number of hydrogen-bond donors (Lipinski definition) is 1. The van der Waals surface area contributed by atoms with Crippen molar-refractivity contribution < 1.29 is 9.47 Å². The highest BCUT2D eigenvalue weighted by molar-refractivity contribution is 5.33. The third kappa shape index (κ3) is 4.49. The molecule has 0 saturated carbocycles. The Morgan fingerprint density at radius 3 is 2.67 bits per heavy atom. The second kappa shape index (κ2) is 7.69. The smallest absolute Gasteiger partial charge is 0.211 e. The second-order valence-corrected chi connectivity index (χ2v) is 4.83. The van der Waals surface area contributed by atoms with Crippen molar-refractivity contribution in [2.24, 2.45) is 7.05 Å². The Bertz CT molecular complexity index is 566. The molecular formula is C16H23N3O2. The molecule has 5 heteroatoms. The fraction of sp³-hybridized carbons (Fsp3) is 0.438. The first-order valence-corrected chi connectivity index (χ1v) is 7.25. The summed E-state index contributed by atoms with van der Waals surface area (Å²) in [5, 5.41) is 7.55. The Labute approximate surface area is 125 Å². The first kappa shape index (κ1) is 15.4. The van der Waals surface area contributed by atoms with Crippen molar-refractivity contribution in [3.63, 3.8) is 0 Å². The van der Waals surface area contributed by atoms with Crippen LogP contribution in [-0.4, -0.2) is 29.5 Å². The second-order valence-electron chi connectivity index (χ2n) is 4.83. The van der Waals surface area contributed by atoms with Crippen LogP contribution in [0.3, 0.4) is 0 Å². The minimum absolute atomic E-state index is 0.495. The molecule has 1 heterocycles. The molecule has 0 bridgehead atoms. The molecular weight excluding hydrogens is 266 g/mol. The molecule has 2 rings (SSSR count). The molecule has 1 aromatic heterocycles. The lowest BCUT2D eigenvalue weighted by Gasteiger charge is -2.12. The SMILES string of the molecule is CCNCc1ccccc1OCCOc1cc(C)nn1C. The minimum Gasteiger partial charge on any atom is -0.490 e. The summed E-state index contributed by atoms with van der Waals surface area (Å²) < 4.78 is 13.2. The largest absolute Gasteiger partial charge is 0.490 e. The first-order chi connectivity index (χ1) is 10.2. The van der Waals surface area contributed by atoms with Gasteiger partial charge in [-0.3, -0.25) is 0 Å². The maximum absolute atomic E-state index is 5.81. The summed E-state index contributed by atoms with van der Waals surface area (Å²) in [5.41, 5.74) is 2.11.